The van der Waals surface area contributed by atoms with E-state index in [4.69, 9.17) is 0 Å². The number of anilines is 1. The highest BCUT2D eigenvalue weighted by molar-refractivity contribution is 5.93. The van der Waals surface area contributed by atoms with Crippen LogP contribution < -0.4 is 4.90 Å². The van der Waals surface area contributed by atoms with E-state index in [9.17, 15) is 4.79 Å². The summed E-state index contributed by atoms with van der Waals surface area (Å²) >= 11 is 0. The van der Waals surface area contributed by atoms with Crippen molar-refractivity contribution in [1.82, 2.24) is 25.1 Å². The number of Topliss-reactive ketones (excluding diaryl/α,β-unsaturated/α-hetero) is 1. The number of carbonyl (C=O) groups excluding carboxylic acids is 1. The molecule has 1 fully saturated rings. The van der Waals surface area contributed by atoms with Crippen LogP contribution in [-0.4, -0.2) is 64.1 Å². The minimum atomic E-state index is 0.0591. The van der Waals surface area contributed by atoms with E-state index in [1.807, 2.05) is 6.07 Å². The molecule has 1 aliphatic heterocycles. The molecule has 3 aromatic rings. The van der Waals surface area contributed by atoms with Gasteiger partial charge in [-0.25, -0.2) is 0 Å². The molecule has 0 bridgehead atoms. The number of benzene rings is 1. The summed E-state index contributed by atoms with van der Waals surface area (Å²) in [6.07, 6.45) is 6.79. The van der Waals surface area contributed by atoms with E-state index < -0.39 is 0 Å². The van der Waals surface area contributed by atoms with Gasteiger partial charge in [-0.05, 0) is 37.4 Å². The van der Waals surface area contributed by atoms with Gasteiger partial charge in [-0.3, -0.25) is 9.89 Å². The molecule has 0 saturated carbocycles. The highest BCUT2D eigenvalue weighted by Gasteiger charge is 2.22. The quantitative estimate of drug-likeness (QED) is 0.528. The topological polar surface area (TPSA) is 80.9 Å². The number of rotatable bonds is 9. The minimum absolute atomic E-state index is 0.0591. The Morgan fingerprint density at radius 1 is 1.20 bits per heavy atom. The average molecular weight is 409 g/mol. The second-order valence-electron chi connectivity index (χ2n) is 8.47. The molecule has 7 heteroatoms. The first-order chi connectivity index (χ1) is 14.6. The highest BCUT2D eigenvalue weighted by atomic mass is 16.1. The number of likely N-dealkylation sites (N-methyl/N-ethyl adjacent to an activating group) is 1. The Bertz CT molecular complexity index is 969. The molecule has 30 heavy (non-hydrogen) atoms. The molecule has 0 radical (unpaired) electrons. The summed E-state index contributed by atoms with van der Waals surface area (Å²) < 4.78 is 0. The molecule has 2 N–H and O–H groups in total. The van der Waals surface area contributed by atoms with E-state index in [1.165, 1.54) is 10.9 Å². The first-order valence-corrected chi connectivity index (χ1v) is 11.1. The number of hydrogen-bond acceptors (Lipinski definition) is 5. The zero-order valence-electron chi connectivity index (χ0n) is 18.0. The fourth-order valence-electron chi connectivity index (χ4n) is 4.26. The number of unbranched alkanes of at least 4 members (excludes halogenated alkanes) is 1. The van der Waals surface area contributed by atoms with Crippen LogP contribution in [0.1, 0.15) is 48.8 Å². The largest absolute Gasteiger partial charge is 0.361 e. The summed E-state index contributed by atoms with van der Waals surface area (Å²) in [7, 11) is 2.12. The van der Waals surface area contributed by atoms with Crippen molar-refractivity contribution < 1.29 is 4.79 Å². The number of ketones is 1. The van der Waals surface area contributed by atoms with Crippen molar-refractivity contribution in [2.45, 2.75) is 39.0 Å². The van der Waals surface area contributed by atoms with Gasteiger partial charge in [0.2, 0.25) is 5.95 Å². The van der Waals surface area contributed by atoms with E-state index in [0.29, 0.717) is 24.1 Å². The summed E-state index contributed by atoms with van der Waals surface area (Å²) in [6, 6.07) is 8.36. The molecule has 1 aliphatic rings. The van der Waals surface area contributed by atoms with E-state index >= 15 is 0 Å². The Labute approximate surface area is 177 Å². The van der Waals surface area contributed by atoms with Crippen molar-refractivity contribution in [1.29, 1.82) is 0 Å². The lowest BCUT2D eigenvalue weighted by atomic mass is 9.89. The second-order valence-corrected chi connectivity index (χ2v) is 8.47. The van der Waals surface area contributed by atoms with Crippen LogP contribution in [0.3, 0.4) is 0 Å². The lowest BCUT2D eigenvalue weighted by Gasteiger charge is -2.31. The van der Waals surface area contributed by atoms with Gasteiger partial charge < -0.3 is 14.8 Å². The van der Waals surface area contributed by atoms with Crippen molar-refractivity contribution in [3.63, 3.8) is 0 Å². The van der Waals surface area contributed by atoms with Crippen LogP contribution in [0.4, 0.5) is 5.95 Å². The van der Waals surface area contributed by atoms with Crippen LogP contribution >= 0.6 is 0 Å². The Hall–Kier alpha value is -2.67. The molecule has 0 spiro atoms. The van der Waals surface area contributed by atoms with Crippen LogP contribution in [0.25, 0.3) is 10.9 Å². The molecule has 3 heterocycles. The molecule has 1 aromatic carbocycles. The maximum absolute atomic E-state index is 13.0. The SMILES string of the molecule is CCCCC(CC(=O)c1nc(N2CCN(C)CC2)n[nH]1)Cc1c[nH]c2ccccc12. The van der Waals surface area contributed by atoms with Gasteiger partial charge in [0.1, 0.15) is 0 Å². The lowest BCUT2D eigenvalue weighted by Crippen LogP contribution is -2.45. The zero-order valence-corrected chi connectivity index (χ0v) is 18.0. The highest BCUT2D eigenvalue weighted by Crippen LogP contribution is 2.26. The third kappa shape index (κ3) is 4.73. The Morgan fingerprint density at radius 3 is 2.80 bits per heavy atom. The smallest absolute Gasteiger partial charge is 0.245 e. The van der Waals surface area contributed by atoms with E-state index in [0.717, 1.165) is 57.4 Å². The number of H-pyrrole nitrogens is 2. The summed E-state index contributed by atoms with van der Waals surface area (Å²) in [4.78, 5) is 25.3. The summed E-state index contributed by atoms with van der Waals surface area (Å²) in [5, 5.41) is 8.46. The van der Waals surface area contributed by atoms with Crippen molar-refractivity contribution in [2.24, 2.45) is 5.92 Å². The molecule has 0 aliphatic carbocycles. The van der Waals surface area contributed by atoms with Crippen LogP contribution in [0.2, 0.25) is 0 Å². The third-order valence-electron chi connectivity index (χ3n) is 6.15. The summed E-state index contributed by atoms with van der Waals surface area (Å²) in [5.41, 5.74) is 2.44. The van der Waals surface area contributed by atoms with Gasteiger partial charge >= 0.3 is 0 Å². The predicted octanol–water partition coefficient (Wildman–Crippen LogP) is 3.66. The number of piperazine rings is 1. The molecule has 1 atom stereocenters. The van der Waals surface area contributed by atoms with E-state index in [-0.39, 0.29) is 5.78 Å². The minimum Gasteiger partial charge on any atom is -0.361 e. The van der Waals surface area contributed by atoms with Gasteiger partial charge in [0.15, 0.2) is 11.6 Å². The van der Waals surface area contributed by atoms with Gasteiger partial charge in [-0.1, -0.05) is 38.0 Å². The van der Waals surface area contributed by atoms with Crippen LogP contribution in [0, 0.1) is 5.92 Å². The number of fused-ring (bicyclic) bond motifs is 1. The van der Waals surface area contributed by atoms with Crippen molar-refractivity contribution >= 4 is 22.6 Å². The Kier molecular flexibility index (Phi) is 6.47. The summed E-state index contributed by atoms with van der Waals surface area (Å²) in [6.45, 7) is 5.95. The molecule has 7 nitrogen and oxygen atoms in total. The number of carbonyl (C=O) groups is 1. The van der Waals surface area contributed by atoms with E-state index in [2.05, 4.69) is 68.3 Å². The van der Waals surface area contributed by atoms with Gasteiger partial charge in [-0.2, -0.15) is 4.98 Å². The molecule has 1 saturated heterocycles. The number of aromatic amines is 2. The number of aromatic nitrogens is 4. The fraction of sp³-hybridized carbons (Fsp3) is 0.522. The maximum atomic E-state index is 13.0. The van der Waals surface area contributed by atoms with Crippen molar-refractivity contribution in [2.75, 3.05) is 38.1 Å². The third-order valence-corrected chi connectivity index (χ3v) is 6.15. The maximum Gasteiger partial charge on any atom is 0.245 e. The van der Waals surface area contributed by atoms with Gasteiger partial charge in [0.05, 0.1) is 0 Å². The number of hydrogen-bond donors (Lipinski definition) is 2. The lowest BCUT2D eigenvalue weighted by molar-refractivity contribution is 0.0948. The second kappa shape index (κ2) is 9.43. The van der Waals surface area contributed by atoms with Crippen LogP contribution in [0.5, 0.6) is 0 Å². The van der Waals surface area contributed by atoms with Crippen LogP contribution in [0.15, 0.2) is 30.5 Å². The fourth-order valence-corrected chi connectivity index (χ4v) is 4.26. The predicted molar refractivity (Wildman–Crippen MR) is 120 cm³/mol. The average Bonchev–Trinajstić information content (AvgIpc) is 3.40. The molecule has 1 unspecified atom stereocenters. The summed E-state index contributed by atoms with van der Waals surface area (Å²) in [5.74, 6) is 1.40. The number of para-hydroxylation sites is 1. The molecule has 0 amide bonds. The molecule has 4 rings (SSSR count). The standard InChI is InChI=1S/C23H32N6O/c1-3-4-7-17(14-18-16-24-20-9-6-5-8-19(18)20)15-21(30)22-25-23(27-26-22)29-12-10-28(2)11-13-29/h5-6,8-9,16-17,24H,3-4,7,10-15H2,1-2H3,(H,25,26,27). The van der Waals surface area contributed by atoms with E-state index in [1.54, 1.807) is 0 Å². The normalized spacial score (nSPS) is 16.3. The van der Waals surface area contributed by atoms with Crippen LogP contribution in [-0.2, 0) is 6.42 Å². The van der Waals surface area contributed by atoms with Crippen molar-refractivity contribution in [3.05, 3.63) is 41.9 Å². The van der Waals surface area contributed by atoms with Crippen molar-refractivity contribution in [3.8, 4) is 0 Å². The number of nitrogens with zero attached hydrogens (tertiary/aromatic N) is 4. The molecular formula is C23H32N6O. The Morgan fingerprint density at radius 2 is 2.00 bits per heavy atom. The molecule has 160 valence electrons. The molecular weight excluding hydrogens is 376 g/mol. The van der Waals surface area contributed by atoms with Gasteiger partial charge in [0, 0.05) is 49.7 Å². The monoisotopic (exact) mass is 408 g/mol. The first kappa shape index (κ1) is 20.6. The zero-order chi connectivity index (χ0) is 20.9. The van der Waals surface area contributed by atoms with Gasteiger partial charge in [-0.15, -0.1) is 5.10 Å². The number of nitrogens with one attached hydrogen (secondary N) is 2. The Balaban J connectivity index is 1.43. The van der Waals surface area contributed by atoms with Gasteiger partial charge in [0.25, 0.3) is 0 Å². The molecule has 2 aromatic heterocycles. The first-order valence-electron chi connectivity index (χ1n) is 11.1.